The molecule has 31 heavy (non-hydrogen) atoms. The van der Waals surface area contributed by atoms with Gasteiger partial charge in [-0.25, -0.2) is 0 Å². The highest BCUT2D eigenvalue weighted by Crippen LogP contribution is 2.26. The number of anilines is 2. The number of thioether (sulfide) groups is 1. The smallest absolute Gasteiger partial charge is 0.292 e. The number of hydrogen-bond donors (Lipinski definition) is 2. The molecule has 0 fully saturated rings. The summed E-state index contributed by atoms with van der Waals surface area (Å²) in [4.78, 5) is 35.8. The Hall–Kier alpha value is -3.39. The second-order valence-electron chi connectivity index (χ2n) is 7.35. The zero-order valence-corrected chi connectivity index (χ0v) is 18.0. The predicted molar refractivity (Wildman–Crippen MR) is 125 cm³/mol. The first kappa shape index (κ1) is 22.3. The van der Waals surface area contributed by atoms with Gasteiger partial charge in [0.1, 0.15) is 5.69 Å². The predicted octanol–water partition coefficient (Wildman–Crippen LogP) is 5.08. The number of carbonyl (C=O) groups is 2. The van der Waals surface area contributed by atoms with E-state index in [1.54, 1.807) is 6.07 Å². The minimum Gasteiger partial charge on any atom is -0.325 e. The van der Waals surface area contributed by atoms with Crippen molar-refractivity contribution in [1.82, 2.24) is 0 Å². The summed E-state index contributed by atoms with van der Waals surface area (Å²) in [6.07, 6.45) is 0. The van der Waals surface area contributed by atoms with Crippen LogP contribution in [0.2, 0.25) is 0 Å². The number of benzene rings is 3. The molecule has 2 N–H and O–H groups in total. The molecule has 8 heteroatoms. The Kier molecular flexibility index (Phi) is 7.25. The van der Waals surface area contributed by atoms with Crippen LogP contribution in [0.5, 0.6) is 0 Å². The van der Waals surface area contributed by atoms with E-state index in [9.17, 15) is 19.7 Å². The quantitative estimate of drug-likeness (QED) is 0.378. The number of fused-ring (bicyclic) bond motifs is 1. The molecule has 0 aliphatic rings. The van der Waals surface area contributed by atoms with Crippen molar-refractivity contribution in [3.05, 3.63) is 76.8 Å². The Morgan fingerprint density at radius 1 is 0.968 bits per heavy atom. The van der Waals surface area contributed by atoms with E-state index in [1.807, 2.05) is 56.3 Å². The van der Waals surface area contributed by atoms with Crippen LogP contribution < -0.4 is 10.6 Å². The molecular weight excluding hydrogens is 414 g/mol. The molecule has 160 valence electrons. The van der Waals surface area contributed by atoms with Gasteiger partial charge in [-0.2, -0.15) is 0 Å². The molecule has 0 bridgehead atoms. The topological polar surface area (TPSA) is 101 Å². The van der Waals surface area contributed by atoms with Crippen LogP contribution in [0, 0.1) is 16.0 Å². The van der Waals surface area contributed by atoms with Crippen molar-refractivity contribution < 1.29 is 14.5 Å². The van der Waals surface area contributed by atoms with Gasteiger partial charge in [0.25, 0.3) is 5.69 Å². The average Bonchev–Trinajstić information content (AvgIpc) is 2.73. The van der Waals surface area contributed by atoms with E-state index in [0.717, 1.165) is 10.8 Å². The maximum Gasteiger partial charge on any atom is 0.292 e. The van der Waals surface area contributed by atoms with Crippen LogP contribution >= 0.6 is 11.8 Å². The second-order valence-corrected chi connectivity index (χ2v) is 8.48. The van der Waals surface area contributed by atoms with Crippen LogP contribution in [0.4, 0.5) is 17.1 Å². The molecule has 0 aliphatic heterocycles. The number of nitro benzene ring substituents is 1. The highest BCUT2D eigenvalue weighted by molar-refractivity contribution is 8.01. The summed E-state index contributed by atoms with van der Waals surface area (Å²) in [7, 11) is 0. The molecule has 0 spiro atoms. The first-order chi connectivity index (χ1) is 14.8. The summed E-state index contributed by atoms with van der Waals surface area (Å²) in [5.41, 5.74) is 0.662. The van der Waals surface area contributed by atoms with Gasteiger partial charge in [0.05, 0.1) is 15.9 Å². The second kappa shape index (κ2) is 10.1. The van der Waals surface area contributed by atoms with Crippen LogP contribution in [0.1, 0.15) is 13.8 Å². The molecule has 0 aliphatic carbocycles. The lowest BCUT2D eigenvalue weighted by Crippen LogP contribution is -2.31. The van der Waals surface area contributed by atoms with Crippen LogP contribution in [0.25, 0.3) is 10.8 Å². The molecule has 3 rings (SSSR count). The molecule has 0 saturated carbocycles. The fourth-order valence-electron chi connectivity index (χ4n) is 3.14. The van der Waals surface area contributed by atoms with Gasteiger partial charge < -0.3 is 10.6 Å². The van der Waals surface area contributed by atoms with E-state index in [2.05, 4.69) is 10.6 Å². The Morgan fingerprint density at radius 3 is 2.35 bits per heavy atom. The SMILES string of the molecule is CC(C)C(SCC(=O)Nc1ccccc1[N+](=O)[O-])C(=O)Nc1ccc2ccccc2c1. The molecule has 1 unspecified atom stereocenters. The van der Waals surface area contributed by atoms with Gasteiger partial charge in [0.15, 0.2) is 0 Å². The fraction of sp³-hybridized carbons (Fsp3) is 0.217. The number of nitro groups is 1. The minimum absolute atomic E-state index is 0.0000353. The molecule has 2 amide bonds. The summed E-state index contributed by atoms with van der Waals surface area (Å²) < 4.78 is 0. The zero-order chi connectivity index (χ0) is 22.4. The van der Waals surface area contributed by atoms with Crippen molar-refractivity contribution in [2.45, 2.75) is 19.1 Å². The molecule has 0 radical (unpaired) electrons. The lowest BCUT2D eigenvalue weighted by atomic mass is 10.1. The maximum atomic E-state index is 12.9. The van der Waals surface area contributed by atoms with Crippen LogP contribution in [-0.2, 0) is 9.59 Å². The molecule has 0 heterocycles. The molecule has 0 aromatic heterocycles. The lowest BCUT2D eigenvalue weighted by molar-refractivity contribution is -0.383. The first-order valence-corrected chi connectivity index (χ1v) is 10.8. The normalized spacial score (nSPS) is 11.8. The van der Waals surface area contributed by atoms with Gasteiger partial charge in [-0.15, -0.1) is 11.8 Å². The third-order valence-electron chi connectivity index (χ3n) is 4.65. The summed E-state index contributed by atoms with van der Waals surface area (Å²) in [6, 6.07) is 19.6. The summed E-state index contributed by atoms with van der Waals surface area (Å²) >= 11 is 1.21. The van der Waals surface area contributed by atoms with Gasteiger partial charge >= 0.3 is 0 Å². The molecular formula is C23H23N3O4S. The Morgan fingerprint density at radius 2 is 1.65 bits per heavy atom. The number of nitrogens with one attached hydrogen (secondary N) is 2. The van der Waals surface area contributed by atoms with Crippen molar-refractivity contribution in [2.75, 3.05) is 16.4 Å². The molecule has 1 atom stereocenters. The molecule has 3 aromatic carbocycles. The van der Waals surface area contributed by atoms with Gasteiger partial charge in [0.2, 0.25) is 11.8 Å². The number of amides is 2. The third kappa shape index (κ3) is 5.82. The van der Waals surface area contributed by atoms with Crippen molar-refractivity contribution in [2.24, 2.45) is 5.92 Å². The van der Waals surface area contributed by atoms with E-state index in [4.69, 9.17) is 0 Å². The first-order valence-electron chi connectivity index (χ1n) is 9.79. The Balaban J connectivity index is 1.63. The molecule has 0 saturated heterocycles. The minimum atomic E-state index is -0.545. The highest BCUT2D eigenvalue weighted by atomic mass is 32.2. The van der Waals surface area contributed by atoms with Gasteiger partial charge in [-0.05, 0) is 34.9 Å². The Labute approximate surface area is 184 Å². The molecule has 3 aromatic rings. The van der Waals surface area contributed by atoms with Crippen molar-refractivity contribution >= 4 is 51.4 Å². The van der Waals surface area contributed by atoms with Crippen molar-refractivity contribution in [3.8, 4) is 0 Å². The van der Waals surface area contributed by atoms with Gasteiger partial charge in [0, 0.05) is 11.8 Å². The third-order valence-corrected chi connectivity index (χ3v) is 6.20. The van der Waals surface area contributed by atoms with Gasteiger partial charge in [-0.1, -0.05) is 56.3 Å². The Bertz CT molecular complexity index is 1120. The fourth-order valence-corrected chi connectivity index (χ4v) is 4.14. The maximum absolute atomic E-state index is 12.9. The average molecular weight is 438 g/mol. The standard InChI is InChI=1S/C23H23N3O4S/c1-15(2)22(23(28)24-18-12-11-16-7-3-4-8-17(16)13-18)31-14-21(27)25-19-9-5-6-10-20(19)26(29)30/h3-13,15,22H,14H2,1-2H3,(H,24,28)(H,25,27). The van der Waals surface area contributed by atoms with Gasteiger partial charge in [-0.3, -0.25) is 19.7 Å². The number of carbonyl (C=O) groups excluding carboxylic acids is 2. The van der Waals surface area contributed by atoms with Crippen molar-refractivity contribution in [1.29, 1.82) is 0 Å². The number of nitrogens with zero attached hydrogens (tertiary/aromatic N) is 1. The number of hydrogen-bond acceptors (Lipinski definition) is 5. The summed E-state index contributed by atoms with van der Waals surface area (Å²) in [6.45, 7) is 3.83. The number of para-hydroxylation sites is 2. The summed E-state index contributed by atoms with van der Waals surface area (Å²) in [5, 5.41) is 18.2. The molecule has 7 nitrogen and oxygen atoms in total. The van der Waals surface area contributed by atoms with E-state index >= 15 is 0 Å². The summed E-state index contributed by atoms with van der Waals surface area (Å²) in [5.74, 6) is -0.596. The zero-order valence-electron chi connectivity index (χ0n) is 17.2. The monoisotopic (exact) mass is 437 g/mol. The van der Waals surface area contributed by atoms with Crippen LogP contribution in [0.3, 0.4) is 0 Å². The highest BCUT2D eigenvalue weighted by Gasteiger charge is 2.24. The largest absolute Gasteiger partial charge is 0.325 e. The van der Waals surface area contributed by atoms with Crippen LogP contribution in [0.15, 0.2) is 66.7 Å². The van der Waals surface area contributed by atoms with Crippen LogP contribution in [-0.4, -0.2) is 27.7 Å². The number of rotatable bonds is 8. The van der Waals surface area contributed by atoms with E-state index < -0.39 is 16.1 Å². The lowest BCUT2D eigenvalue weighted by Gasteiger charge is -2.20. The van der Waals surface area contributed by atoms with E-state index in [0.29, 0.717) is 5.69 Å². The van der Waals surface area contributed by atoms with E-state index in [-0.39, 0.29) is 29.0 Å². The van der Waals surface area contributed by atoms with E-state index in [1.165, 1.54) is 30.0 Å². The van der Waals surface area contributed by atoms with Crippen molar-refractivity contribution in [3.63, 3.8) is 0 Å².